The van der Waals surface area contributed by atoms with Crippen LogP contribution in [0.25, 0.3) is 0 Å². The number of piperidine rings is 1. The molecule has 2 atom stereocenters. The number of aliphatic hydroxyl groups excluding tert-OH is 1. The summed E-state index contributed by atoms with van der Waals surface area (Å²) in [6, 6.07) is 12.8. The lowest BCUT2D eigenvalue weighted by Gasteiger charge is -2.38. The largest absolute Gasteiger partial charge is 0.457 e. The number of likely N-dealkylation sites (tertiary alicyclic amines) is 1. The molecular weight excluding hydrogens is 422 g/mol. The van der Waals surface area contributed by atoms with E-state index in [1.54, 1.807) is 19.2 Å². The molecule has 8 heteroatoms. The van der Waals surface area contributed by atoms with Gasteiger partial charge in [0.2, 0.25) is 5.91 Å². The summed E-state index contributed by atoms with van der Waals surface area (Å²) < 4.78 is 12.3. The SMILES string of the molecule is Cc1ccc2cc1Oc1cccc(c1)CO[C@@H]1CCN(CCO)C[C@@H]1NC(=O)CN(C)C2=O. The van der Waals surface area contributed by atoms with Crippen LogP contribution < -0.4 is 10.1 Å². The lowest BCUT2D eigenvalue weighted by molar-refractivity contribution is -0.124. The third kappa shape index (κ3) is 5.71. The van der Waals surface area contributed by atoms with Crippen molar-refractivity contribution in [1.82, 2.24) is 15.1 Å². The number of hydrogen-bond donors (Lipinski definition) is 2. The molecule has 2 N–H and O–H groups in total. The van der Waals surface area contributed by atoms with Crippen molar-refractivity contribution in [1.29, 1.82) is 0 Å². The fraction of sp³-hybridized carbons (Fsp3) is 0.440. The van der Waals surface area contributed by atoms with Crippen LogP contribution in [0.5, 0.6) is 11.5 Å². The van der Waals surface area contributed by atoms with Crippen LogP contribution >= 0.6 is 0 Å². The van der Waals surface area contributed by atoms with E-state index in [2.05, 4.69) is 10.2 Å². The van der Waals surface area contributed by atoms with E-state index in [1.807, 2.05) is 37.3 Å². The standard InChI is InChI=1S/C25H31N3O5/c1-17-6-7-19-13-23(17)33-20-5-3-4-18(12-20)16-32-22-8-9-28(10-11-29)14-21(22)26-24(30)15-27(2)25(19)31/h3-7,12-13,21-22,29H,8-11,14-16H2,1-2H3,(H,26,30)/t21-,22+/m0/s1. The first-order valence-corrected chi connectivity index (χ1v) is 11.3. The van der Waals surface area contributed by atoms with Crippen molar-refractivity contribution in [2.45, 2.75) is 32.1 Å². The van der Waals surface area contributed by atoms with Gasteiger partial charge in [0.1, 0.15) is 11.5 Å². The number of ether oxygens (including phenoxy) is 2. The molecular formula is C25H31N3O5. The Kier molecular flexibility index (Phi) is 7.27. The van der Waals surface area contributed by atoms with Gasteiger partial charge in [-0.1, -0.05) is 18.2 Å². The van der Waals surface area contributed by atoms with Crippen LogP contribution in [0.4, 0.5) is 0 Å². The summed E-state index contributed by atoms with van der Waals surface area (Å²) in [5, 5.41) is 12.4. The number of aryl methyl sites for hydroxylation is 1. The molecule has 2 aromatic rings. The molecule has 0 aromatic heterocycles. The van der Waals surface area contributed by atoms with Gasteiger partial charge >= 0.3 is 0 Å². The maximum atomic E-state index is 13.0. The minimum Gasteiger partial charge on any atom is -0.457 e. The molecule has 0 radical (unpaired) electrons. The van der Waals surface area contributed by atoms with Crippen molar-refractivity contribution < 1.29 is 24.2 Å². The van der Waals surface area contributed by atoms with E-state index in [0.29, 0.717) is 36.8 Å². The van der Waals surface area contributed by atoms with E-state index < -0.39 is 0 Å². The van der Waals surface area contributed by atoms with Gasteiger partial charge in [-0.05, 0) is 48.7 Å². The monoisotopic (exact) mass is 453 g/mol. The van der Waals surface area contributed by atoms with Crippen LogP contribution in [-0.2, 0) is 16.1 Å². The van der Waals surface area contributed by atoms with Crippen molar-refractivity contribution >= 4 is 11.8 Å². The second-order valence-electron chi connectivity index (χ2n) is 8.73. The van der Waals surface area contributed by atoms with E-state index in [1.165, 1.54) is 4.90 Å². The summed E-state index contributed by atoms with van der Waals surface area (Å²) in [5.74, 6) is 0.772. The maximum absolute atomic E-state index is 13.0. The Hall–Kier alpha value is -2.94. The van der Waals surface area contributed by atoms with Crippen molar-refractivity contribution in [2.24, 2.45) is 0 Å². The summed E-state index contributed by atoms with van der Waals surface area (Å²) in [7, 11) is 1.61. The number of likely N-dealkylation sites (N-methyl/N-ethyl adjacent to an activating group) is 1. The van der Waals surface area contributed by atoms with E-state index in [4.69, 9.17) is 9.47 Å². The predicted molar refractivity (Wildman–Crippen MR) is 123 cm³/mol. The highest BCUT2D eigenvalue weighted by Crippen LogP contribution is 2.28. The molecule has 1 fully saturated rings. The van der Waals surface area contributed by atoms with Crippen LogP contribution in [-0.4, -0.2) is 78.7 Å². The zero-order valence-corrected chi connectivity index (χ0v) is 19.1. The number of β-amino-alcohol motifs (C(OH)–C–C–N with tert-alkyl or cyclic N) is 1. The normalized spacial score (nSPS) is 22.3. The third-order valence-corrected chi connectivity index (χ3v) is 6.15. The highest BCUT2D eigenvalue weighted by Gasteiger charge is 2.31. The molecule has 4 rings (SSSR count). The smallest absolute Gasteiger partial charge is 0.254 e. The summed E-state index contributed by atoms with van der Waals surface area (Å²) >= 11 is 0. The molecule has 2 aromatic carbocycles. The quantitative estimate of drug-likeness (QED) is 0.722. The van der Waals surface area contributed by atoms with Gasteiger partial charge in [-0.3, -0.25) is 14.5 Å². The van der Waals surface area contributed by atoms with Gasteiger partial charge in [0.05, 0.1) is 31.9 Å². The Balaban J connectivity index is 1.64. The van der Waals surface area contributed by atoms with Crippen molar-refractivity contribution in [3.05, 3.63) is 59.2 Å². The number of aliphatic hydroxyl groups is 1. The number of benzene rings is 2. The highest BCUT2D eigenvalue weighted by atomic mass is 16.5. The van der Waals surface area contributed by atoms with Gasteiger partial charge in [-0.15, -0.1) is 0 Å². The molecule has 33 heavy (non-hydrogen) atoms. The second-order valence-corrected chi connectivity index (χ2v) is 8.73. The molecule has 2 aliphatic rings. The molecule has 2 heterocycles. The van der Waals surface area contributed by atoms with E-state index in [0.717, 1.165) is 24.1 Å². The summed E-state index contributed by atoms with van der Waals surface area (Å²) in [5.41, 5.74) is 2.33. The highest BCUT2D eigenvalue weighted by molar-refractivity contribution is 5.96. The Morgan fingerprint density at radius 1 is 1.18 bits per heavy atom. The molecule has 0 unspecified atom stereocenters. The third-order valence-electron chi connectivity index (χ3n) is 6.15. The van der Waals surface area contributed by atoms with Crippen molar-refractivity contribution in [2.75, 3.05) is 39.8 Å². The zero-order chi connectivity index (χ0) is 23.4. The Morgan fingerprint density at radius 3 is 2.85 bits per heavy atom. The first-order chi connectivity index (χ1) is 15.9. The second kappa shape index (κ2) is 10.3. The molecule has 2 aliphatic heterocycles. The first kappa shape index (κ1) is 23.2. The predicted octanol–water partition coefficient (Wildman–Crippen LogP) is 1.94. The zero-order valence-electron chi connectivity index (χ0n) is 19.1. The van der Waals surface area contributed by atoms with Crippen LogP contribution in [0.2, 0.25) is 0 Å². The molecule has 0 saturated carbocycles. The molecule has 0 spiro atoms. The lowest BCUT2D eigenvalue weighted by Crippen LogP contribution is -2.57. The minimum absolute atomic E-state index is 0.0642. The van der Waals surface area contributed by atoms with Gasteiger partial charge in [0, 0.05) is 32.2 Å². The van der Waals surface area contributed by atoms with Gasteiger partial charge in [-0.25, -0.2) is 0 Å². The lowest BCUT2D eigenvalue weighted by atomic mass is 10.0. The van der Waals surface area contributed by atoms with Gasteiger partial charge in [0.15, 0.2) is 0 Å². The van der Waals surface area contributed by atoms with E-state index in [-0.39, 0.29) is 37.1 Å². The molecule has 8 nitrogen and oxygen atoms in total. The van der Waals surface area contributed by atoms with Gasteiger partial charge in [-0.2, -0.15) is 0 Å². The van der Waals surface area contributed by atoms with E-state index >= 15 is 0 Å². The summed E-state index contributed by atoms with van der Waals surface area (Å²) in [6.07, 6.45) is 0.567. The fourth-order valence-corrected chi connectivity index (χ4v) is 4.31. The molecule has 4 bridgehead atoms. The number of carbonyl (C=O) groups is 2. The molecule has 1 saturated heterocycles. The summed E-state index contributed by atoms with van der Waals surface area (Å²) in [6.45, 7) is 4.24. The average Bonchev–Trinajstić information content (AvgIpc) is 2.79. The molecule has 2 amide bonds. The van der Waals surface area contributed by atoms with Gasteiger partial charge in [0.25, 0.3) is 5.91 Å². The molecule has 176 valence electrons. The minimum atomic E-state index is -0.255. The van der Waals surface area contributed by atoms with Crippen LogP contribution in [0, 0.1) is 6.92 Å². The maximum Gasteiger partial charge on any atom is 0.254 e. The van der Waals surface area contributed by atoms with Crippen molar-refractivity contribution in [3.63, 3.8) is 0 Å². The fourth-order valence-electron chi connectivity index (χ4n) is 4.31. The topological polar surface area (TPSA) is 91.3 Å². The van der Waals surface area contributed by atoms with E-state index in [9.17, 15) is 14.7 Å². The number of amides is 2. The number of nitrogens with one attached hydrogen (secondary N) is 1. The van der Waals surface area contributed by atoms with Crippen LogP contribution in [0.15, 0.2) is 42.5 Å². The van der Waals surface area contributed by atoms with Crippen LogP contribution in [0.1, 0.15) is 27.9 Å². The number of fused-ring (bicyclic) bond motifs is 5. The molecule has 0 aliphatic carbocycles. The Morgan fingerprint density at radius 2 is 2.03 bits per heavy atom. The summed E-state index contributed by atoms with van der Waals surface area (Å²) in [4.78, 5) is 29.3. The number of rotatable bonds is 2. The van der Waals surface area contributed by atoms with Crippen LogP contribution in [0.3, 0.4) is 0 Å². The van der Waals surface area contributed by atoms with Gasteiger partial charge < -0.3 is 24.8 Å². The Bertz CT molecular complexity index is 1010. The number of nitrogens with zero attached hydrogens (tertiary/aromatic N) is 2. The first-order valence-electron chi connectivity index (χ1n) is 11.3. The number of carbonyl (C=O) groups excluding carboxylic acids is 2. The Labute approximate surface area is 194 Å². The van der Waals surface area contributed by atoms with Crippen molar-refractivity contribution in [3.8, 4) is 11.5 Å². The number of hydrogen-bond acceptors (Lipinski definition) is 6. The average molecular weight is 454 g/mol.